The van der Waals surface area contributed by atoms with Gasteiger partial charge in [-0.25, -0.2) is 0 Å². The summed E-state index contributed by atoms with van der Waals surface area (Å²) in [7, 11) is 0. The lowest BCUT2D eigenvalue weighted by atomic mass is 9.77. The molecule has 2 aliphatic rings. The Hall–Kier alpha value is -0.590. The molecule has 0 aromatic heterocycles. The van der Waals surface area contributed by atoms with Gasteiger partial charge in [-0.15, -0.1) is 0 Å². The average molecular weight is 249 g/mol. The first kappa shape index (κ1) is 13.8. The Kier molecular flexibility index (Phi) is 5.03. The van der Waals surface area contributed by atoms with Crippen molar-refractivity contribution in [2.24, 2.45) is 5.92 Å². The number of hydrogen-bond acceptors (Lipinski definition) is 3. The van der Waals surface area contributed by atoms with E-state index in [0.717, 1.165) is 25.9 Å². The van der Waals surface area contributed by atoms with Crippen LogP contribution in [-0.2, 0) is 0 Å². The van der Waals surface area contributed by atoms with Crippen molar-refractivity contribution in [3.05, 3.63) is 0 Å². The lowest BCUT2D eigenvalue weighted by Crippen LogP contribution is -2.60. The second-order valence-electron chi connectivity index (χ2n) is 5.98. The van der Waals surface area contributed by atoms with Crippen LogP contribution in [0.2, 0.25) is 0 Å². The molecule has 0 amide bonds. The first-order valence-electron chi connectivity index (χ1n) is 7.70. The number of hydrogen-bond donors (Lipinski definition) is 2. The van der Waals surface area contributed by atoms with E-state index in [0.29, 0.717) is 12.0 Å². The quantitative estimate of drug-likeness (QED) is 0.756. The zero-order valence-electron chi connectivity index (χ0n) is 11.7. The summed E-state index contributed by atoms with van der Waals surface area (Å²) in [4.78, 5) is 0. The van der Waals surface area contributed by atoms with Crippen LogP contribution in [0, 0.1) is 17.2 Å². The Morgan fingerprint density at radius 1 is 1.28 bits per heavy atom. The van der Waals surface area contributed by atoms with Crippen LogP contribution >= 0.6 is 0 Å². The molecule has 3 nitrogen and oxygen atoms in total. The Morgan fingerprint density at radius 3 is 2.61 bits per heavy atom. The van der Waals surface area contributed by atoms with E-state index in [1.807, 2.05) is 0 Å². The molecular formula is C15H27N3. The van der Waals surface area contributed by atoms with E-state index >= 15 is 0 Å². The average Bonchev–Trinajstić information content (AvgIpc) is 2.67. The van der Waals surface area contributed by atoms with Gasteiger partial charge in [-0.1, -0.05) is 32.6 Å². The Balaban J connectivity index is 2.03. The number of nitrogens with zero attached hydrogens (tertiary/aromatic N) is 1. The Morgan fingerprint density at radius 2 is 2.00 bits per heavy atom. The van der Waals surface area contributed by atoms with Crippen LogP contribution in [0.15, 0.2) is 0 Å². The van der Waals surface area contributed by atoms with Gasteiger partial charge in [-0.3, -0.25) is 5.32 Å². The maximum absolute atomic E-state index is 9.70. The summed E-state index contributed by atoms with van der Waals surface area (Å²) in [5.74, 6) is 0.458. The van der Waals surface area contributed by atoms with Crippen LogP contribution in [0.5, 0.6) is 0 Å². The highest BCUT2D eigenvalue weighted by molar-refractivity contribution is 5.14. The third-order valence-electron chi connectivity index (χ3n) is 4.79. The maximum atomic E-state index is 9.70. The molecule has 0 aromatic rings. The summed E-state index contributed by atoms with van der Waals surface area (Å²) in [5.41, 5.74) is -0.269. The second kappa shape index (κ2) is 6.54. The molecule has 102 valence electrons. The molecule has 2 fully saturated rings. The predicted octanol–water partition coefficient (Wildman–Crippen LogP) is 2.58. The third kappa shape index (κ3) is 3.05. The summed E-state index contributed by atoms with van der Waals surface area (Å²) < 4.78 is 0. The van der Waals surface area contributed by atoms with Crippen molar-refractivity contribution in [2.45, 2.75) is 69.9 Å². The first-order chi connectivity index (χ1) is 8.80. The van der Waals surface area contributed by atoms with E-state index in [1.165, 1.54) is 38.5 Å². The fraction of sp³-hybridized carbons (Fsp3) is 0.933. The van der Waals surface area contributed by atoms with Crippen molar-refractivity contribution < 1.29 is 0 Å². The van der Waals surface area contributed by atoms with Crippen LogP contribution in [0.3, 0.4) is 0 Å². The Labute approximate surface area is 111 Å². The molecule has 1 saturated heterocycles. The summed E-state index contributed by atoms with van der Waals surface area (Å²) in [5, 5.41) is 16.9. The van der Waals surface area contributed by atoms with Crippen molar-refractivity contribution in [3.63, 3.8) is 0 Å². The van der Waals surface area contributed by atoms with E-state index < -0.39 is 0 Å². The van der Waals surface area contributed by atoms with Gasteiger partial charge in [0.05, 0.1) is 6.07 Å². The monoisotopic (exact) mass is 249 g/mol. The third-order valence-corrected chi connectivity index (χ3v) is 4.79. The molecule has 18 heavy (non-hydrogen) atoms. The Bertz CT molecular complexity index is 289. The lowest BCUT2D eigenvalue weighted by molar-refractivity contribution is 0.181. The molecule has 3 heteroatoms. The normalized spacial score (nSPS) is 34.8. The van der Waals surface area contributed by atoms with Gasteiger partial charge in [-0.05, 0) is 32.2 Å². The SMILES string of the molecule is CCC1CNCCC1(C#N)NC1CCCCCC1. The summed E-state index contributed by atoms with van der Waals surface area (Å²) in [6.07, 6.45) is 9.95. The fourth-order valence-electron chi connectivity index (χ4n) is 3.59. The van der Waals surface area contributed by atoms with E-state index in [1.54, 1.807) is 0 Å². The van der Waals surface area contributed by atoms with E-state index in [4.69, 9.17) is 0 Å². The van der Waals surface area contributed by atoms with Crippen molar-refractivity contribution in [3.8, 4) is 6.07 Å². The summed E-state index contributed by atoms with van der Waals surface area (Å²) >= 11 is 0. The maximum Gasteiger partial charge on any atom is 0.112 e. The van der Waals surface area contributed by atoms with Gasteiger partial charge in [0.25, 0.3) is 0 Å². The van der Waals surface area contributed by atoms with Gasteiger partial charge in [-0.2, -0.15) is 5.26 Å². The molecule has 1 heterocycles. The molecule has 2 N–H and O–H groups in total. The lowest BCUT2D eigenvalue weighted by Gasteiger charge is -2.42. The van der Waals surface area contributed by atoms with Gasteiger partial charge in [0, 0.05) is 18.5 Å². The molecule has 0 bridgehead atoms. The molecule has 1 saturated carbocycles. The topological polar surface area (TPSA) is 47.9 Å². The van der Waals surface area contributed by atoms with Gasteiger partial charge < -0.3 is 5.32 Å². The molecular weight excluding hydrogens is 222 g/mol. The fourth-order valence-corrected chi connectivity index (χ4v) is 3.59. The standard InChI is InChI=1S/C15H27N3/c1-2-13-11-17-10-9-15(13,12-16)18-14-7-5-3-4-6-8-14/h13-14,17-18H,2-11H2,1H3. The van der Waals surface area contributed by atoms with Crippen molar-refractivity contribution in [2.75, 3.05) is 13.1 Å². The molecule has 2 atom stereocenters. The number of rotatable bonds is 3. The van der Waals surface area contributed by atoms with Crippen LogP contribution in [0.25, 0.3) is 0 Å². The van der Waals surface area contributed by atoms with Gasteiger partial charge in [0.15, 0.2) is 0 Å². The molecule has 2 rings (SSSR count). The number of nitriles is 1. The minimum absolute atomic E-state index is 0.269. The van der Waals surface area contributed by atoms with Crippen molar-refractivity contribution in [1.82, 2.24) is 10.6 Å². The van der Waals surface area contributed by atoms with Gasteiger partial charge in [0.2, 0.25) is 0 Å². The zero-order chi connectivity index (χ0) is 12.8. The highest BCUT2D eigenvalue weighted by Crippen LogP contribution is 2.29. The molecule has 0 aromatic carbocycles. The van der Waals surface area contributed by atoms with Crippen molar-refractivity contribution >= 4 is 0 Å². The summed E-state index contributed by atoms with van der Waals surface area (Å²) in [6, 6.07) is 3.20. The van der Waals surface area contributed by atoms with Crippen LogP contribution < -0.4 is 10.6 Å². The van der Waals surface area contributed by atoms with Crippen LogP contribution in [0.1, 0.15) is 58.3 Å². The van der Waals surface area contributed by atoms with Crippen LogP contribution in [-0.4, -0.2) is 24.7 Å². The highest BCUT2D eigenvalue weighted by Gasteiger charge is 2.41. The van der Waals surface area contributed by atoms with Crippen LogP contribution in [0.4, 0.5) is 0 Å². The van der Waals surface area contributed by atoms with Gasteiger partial charge in [0.1, 0.15) is 5.54 Å². The molecule has 0 radical (unpaired) electrons. The number of piperidine rings is 1. The van der Waals surface area contributed by atoms with E-state index in [-0.39, 0.29) is 5.54 Å². The largest absolute Gasteiger partial charge is 0.316 e. The number of nitrogens with one attached hydrogen (secondary N) is 2. The minimum atomic E-state index is -0.269. The summed E-state index contributed by atoms with van der Waals surface area (Å²) in [6.45, 7) is 4.17. The first-order valence-corrected chi connectivity index (χ1v) is 7.70. The van der Waals surface area contributed by atoms with Gasteiger partial charge >= 0.3 is 0 Å². The second-order valence-corrected chi connectivity index (χ2v) is 5.98. The molecule has 0 spiro atoms. The minimum Gasteiger partial charge on any atom is -0.316 e. The van der Waals surface area contributed by atoms with E-state index in [2.05, 4.69) is 23.6 Å². The van der Waals surface area contributed by atoms with E-state index in [9.17, 15) is 5.26 Å². The zero-order valence-corrected chi connectivity index (χ0v) is 11.7. The molecule has 2 unspecified atom stereocenters. The smallest absolute Gasteiger partial charge is 0.112 e. The highest BCUT2D eigenvalue weighted by atomic mass is 15.1. The predicted molar refractivity (Wildman–Crippen MR) is 74.2 cm³/mol. The molecule has 1 aliphatic heterocycles. The molecule has 1 aliphatic carbocycles. The van der Waals surface area contributed by atoms with Crippen molar-refractivity contribution in [1.29, 1.82) is 5.26 Å².